The summed E-state index contributed by atoms with van der Waals surface area (Å²) in [6.07, 6.45) is 2.10. The standard InChI is InChI=1S/C21H22N2/c1-4-13-21(16(2)3,19-9-5-17(14-22)6-10-19)20-11-7-18(15-23)8-12-20/h5-12,16H,4,13H2,1-3H3. The van der Waals surface area contributed by atoms with Gasteiger partial charge in [-0.1, -0.05) is 51.5 Å². The van der Waals surface area contributed by atoms with Crippen LogP contribution in [0.15, 0.2) is 48.5 Å². The topological polar surface area (TPSA) is 47.6 Å². The quantitative estimate of drug-likeness (QED) is 0.764. The lowest BCUT2D eigenvalue weighted by molar-refractivity contribution is 0.341. The van der Waals surface area contributed by atoms with Gasteiger partial charge in [0.05, 0.1) is 23.3 Å². The molecule has 0 N–H and O–H groups in total. The number of benzene rings is 2. The van der Waals surface area contributed by atoms with Gasteiger partial charge in [0.25, 0.3) is 0 Å². The predicted octanol–water partition coefficient (Wildman–Crippen LogP) is 5.17. The van der Waals surface area contributed by atoms with E-state index in [1.54, 1.807) is 0 Å². The van der Waals surface area contributed by atoms with Crippen LogP contribution >= 0.6 is 0 Å². The molecule has 0 saturated heterocycles. The average molecular weight is 302 g/mol. The Morgan fingerprint density at radius 2 is 1.22 bits per heavy atom. The zero-order chi connectivity index (χ0) is 16.9. The van der Waals surface area contributed by atoms with Gasteiger partial charge < -0.3 is 0 Å². The van der Waals surface area contributed by atoms with E-state index >= 15 is 0 Å². The Hall–Kier alpha value is -2.58. The van der Waals surface area contributed by atoms with Gasteiger partial charge in [-0.3, -0.25) is 0 Å². The fraction of sp³-hybridized carbons (Fsp3) is 0.333. The predicted molar refractivity (Wildman–Crippen MR) is 92.8 cm³/mol. The van der Waals surface area contributed by atoms with Gasteiger partial charge in [-0.15, -0.1) is 0 Å². The zero-order valence-electron chi connectivity index (χ0n) is 14.0. The second-order valence-electron chi connectivity index (χ2n) is 6.25. The number of hydrogen-bond acceptors (Lipinski definition) is 2. The van der Waals surface area contributed by atoms with Crippen LogP contribution in [0.1, 0.15) is 55.9 Å². The molecular formula is C21H22N2. The van der Waals surface area contributed by atoms with Crippen LogP contribution in [0.5, 0.6) is 0 Å². The largest absolute Gasteiger partial charge is 0.192 e. The molecule has 0 aliphatic heterocycles. The van der Waals surface area contributed by atoms with Gasteiger partial charge in [-0.25, -0.2) is 0 Å². The molecule has 0 unspecified atom stereocenters. The minimum Gasteiger partial charge on any atom is -0.192 e. The Morgan fingerprint density at radius 1 is 0.826 bits per heavy atom. The maximum Gasteiger partial charge on any atom is 0.0991 e. The Balaban J connectivity index is 2.62. The van der Waals surface area contributed by atoms with Gasteiger partial charge in [0.2, 0.25) is 0 Å². The highest BCUT2D eigenvalue weighted by Crippen LogP contribution is 2.43. The summed E-state index contributed by atoms with van der Waals surface area (Å²) in [5.41, 5.74) is 3.73. The summed E-state index contributed by atoms with van der Waals surface area (Å²) in [5, 5.41) is 18.1. The number of rotatable bonds is 5. The van der Waals surface area contributed by atoms with E-state index in [0.29, 0.717) is 17.0 Å². The lowest BCUT2D eigenvalue weighted by Crippen LogP contribution is -2.33. The Kier molecular flexibility index (Phi) is 5.20. The van der Waals surface area contributed by atoms with Gasteiger partial charge in [-0.05, 0) is 47.7 Å². The van der Waals surface area contributed by atoms with Gasteiger partial charge >= 0.3 is 0 Å². The summed E-state index contributed by atoms with van der Waals surface area (Å²) in [5.74, 6) is 0.406. The Bertz CT molecular complexity index is 668. The van der Waals surface area contributed by atoms with Crippen LogP contribution in [-0.2, 0) is 5.41 Å². The summed E-state index contributed by atoms with van der Waals surface area (Å²) < 4.78 is 0. The van der Waals surface area contributed by atoms with Crippen molar-refractivity contribution in [3.8, 4) is 12.1 Å². The molecule has 0 aliphatic rings. The van der Waals surface area contributed by atoms with Gasteiger partial charge in [0.15, 0.2) is 0 Å². The Labute approximate surface area is 139 Å². The van der Waals surface area contributed by atoms with Crippen molar-refractivity contribution in [1.82, 2.24) is 0 Å². The van der Waals surface area contributed by atoms with Crippen LogP contribution in [0.2, 0.25) is 0 Å². The second-order valence-corrected chi connectivity index (χ2v) is 6.25. The first-order chi connectivity index (χ1) is 11.1. The highest BCUT2D eigenvalue weighted by Gasteiger charge is 2.36. The minimum absolute atomic E-state index is 0.100. The lowest BCUT2D eigenvalue weighted by atomic mass is 9.64. The van der Waals surface area contributed by atoms with Crippen molar-refractivity contribution in [3.05, 3.63) is 70.8 Å². The summed E-state index contributed by atoms with van der Waals surface area (Å²) in [6.45, 7) is 6.68. The van der Waals surface area contributed by atoms with Gasteiger partial charge in [0, 0.05) is 5.41 Å². The summed E-state index contributed by atoms with van der Waals surface area (Å²) in [4.78, 5) is 0. The molecule has 0 radical (unpaired) electrons. The molecular weight excluding hydrogens is 280 g/mol. The van der Waals surface area contributed by atoms with Crippen molar-refractivity contribution >= 4 is 0 Å². The molecule has 0 atom stereocenters. The third kappa shape index (κ3) is 3.13. The van der Waals surface area contributed by atoms with Crippen LogP contribution in [0.4, 0.5) is 0 Å². The van der Waals surface area contributed by atoms with Crippen molar-refractivity contribution in [2.75, 3.05) is 0 Å². The van der Waals surface area contributed by atoms with E-state index in [4.69, 9.17) is 10.5 Å². The van der Waals surface area contributed by atoms with E-state index in [2.05, 4.69) is 57.2 Å². The molecule has 116 valence electrons. The van der Waals surface area contributed by atoms with Crippen molar-refractivity contribution in [3.63, 3.8) is 0 Å². The van der Waals surface area contributed by atoms with Crippen LogP contribution in [0.25, 0.3) is 0 Å². The molecule has 0 fully saturated rings. The third-order valence-corrected chi connectivity index (χ3v) is 4.69. The summed E-state index contributed by atoms with van der Waals surface area (Å²) in [7, 11) is 0. The highest BCUT2D eigenvalue weighted by atomic mass is 14.4. The summed E-state index contributed by atoms with van der Waals surface area (Å²) >= 11 is 0. The van der Waals surface area contributed by atoms with E-state index in [-0.39, 0.29) is 5.41 Å². The molecule has 0 aliphatic carbocycles. The molecule has 0 bridgehead atoms. The fourth-order valence-corrected chi connectivity index (χ4v) is 3.49. The molecule has 2 rings (SSSR count). The third-order valence-electron chi connectivity index (χ3n) is 4.69. The van der Waals surface area contributed by atoms with Crippen molar-refractivity contribution in [2.45, 2.75) is 39.0 Å². The van der Waals surface area contributed by atoms with Crippen LogP contribution in [0, 0.1) is 28.6 Å². The first-order valence-electron chi connectivity index (χ1n) is 8.09. The second kappa shape index (κ2) is 7.12. The van der Waals surface area contributed by atoms with E-state index < -0.39 is 0 Å². The normalized spacial score (nSPS) is 11.0. The van der Waals surface area contributed by atoms with E-state index in [0.717, 1.165) is 12.8 Å². The Morgan fingerprint density at radius 3 is 1.48 bits per heavy atom. The smallest absolute Gasteiger partial charge is 0.0991 e. The SMILES string of the molecule is CCCC(c1ccc(C#N)cc1)(c1ccc(C#N)cc1)C(C)C. The average Bonchev–Trinajstić information content (AvgIpc) is 2.59. The van der Waals surface area contributed by atoms with Crippen LogP contribution in [0.3, 0.4) is 0 Å². The molecule has 0 amide bonds. The number of nitriles is 2. The number of hydrogen-bond donors (Lipinski definition) is 0. The van der Waals surface area contributed by atoms with Crippen molar-refractivity contribution in [1.29, 1.82) is 10.5 Å². The molecule has 2 heteroatoms. The fourth-order valence-electron chi connectivity index (χ4n) is 3.49. The molecule has 2 aromatic carbocycles. The van der Waals surface area contributed by atoms with E-state index in [1.165, 1.54) is 11.1 Å². The van der Waals surface area contributed by atoms with Gasteiger partial charge in [0.1, 0.15) is 0 Å². The number of nitrogens with zero attached hydrogens (tertiary/aromatic N) is 2. The molecule has 0 saturated carbocycles. The molecule has 0 aromatic heterocycles. The molecule has 2 nitrogen and oxygen atoms in total. The van der Waals surface area contributed by atoms with Crippen LogP contribution < -0.4 is 0 Å². The summed E-state index contributed by atoms with van der Waals surface area (Å²) in [6, 6.07) is 20.3. The molecule has 23 heavy (non-hydrogen) atoms. The maximum atomic E-state index is 9.04. The monoisotopic (exact) mass is 302 g/mol. The highest BCUT2D eigenvalue weighted by molar-refractivity contribution is 5.45. The van der Waals surface area contributed by atoms with Gasteiger partial charge in [-0.2, -0.15) is 10.5 Å². The van der Waals surface area contributed by atoms with E-state index in [1.807, 2.05) is 24.3 Å². The van der Waals surface area contributed by atoms with Crippen molar-refractivity contribution < 1.29 is 0 Å². The molecule has 2 aromatic rings. The minimum atomic E-state index is -0.100. The van der Waals surface area contributed by atoms with Crippen molar-refractivity contribution in [2.24, 2.45) is 5.92 Å². The molecule has 0 heterocycles. The zero-order valence-corrected chi connectivity index (χ0v) is 14.0. The first kappa shape index (κ1) is 16.8. The van der Waals surface area contributed by atoms with E-state index in [9.17, 15) is 0 Å². The lowest BCUT2D eigenvalue weighted by Gasteiger charge is -2.39. The molecule has 0 spiro atoms. The first-order valence-corrected chi connectivity index (χ1v) is 8.09. The van der Waals surface area contributed by atoms with Crippen LogP contribution in [-0.4, -0.2) is 0 Å². The maximum absolute atomic E-state index is 9.04.